The Morgan fingerprint density at radius 3 is 2.54 bits per heavy atom. The van der Waals surface area contributed by atoms with Crippen LogP contribution in [0.15, 0.2) is 34.8 Å². The summed E-state index contributed by atoms with van der Waals surface area (Å²) in [5, 5.41) is 14.2. The number of hydrogen-bond acceptors (Lipinski definition) is 9. The van der Waals surface area contributed by atoms with Crippen LogP contribution in [0.2, 0.25) is 0 Å². The lowest BCUT2D eigenvalue weighted by Gasteiger charge is -2.16. The maximum atomic E-state index is 12.4. The third kappa shape index (κ3) is 7.53. The van der Waals surface area contributed by atoms with E-state index in [-0.39, 0.29) is 30.2 Å². The van der Waals surface area contributed by atoms with Gasteiger partial charge in [-0.3, -0.25) is 9.59 Å². The maximum Gasteiger partial charge on any atom is 0.311 e. The molecule has 0 saturated heterocycles. The largest absolute Gasteiger partial charge is 0.483 e. The first-order chi connectivity index (χ1) is 16.8. The molecule has 1 amide bonds. The van der Waals surface area contributed by atoms with Crippen LogP contribution in [-0.4, -0.2) is 44.0 Å². The van der Waals surface area contributed by atoms with Crippen LogP contribution in [0.4, 0.5) is 5.13 Å². The Morgan fingerprint density at radius 2 is 1.89 bits per heavy atom. The van der Waals surface area contributed by atoms with Gasteiger partial charge < -0.3 is 19.4 Å². The molecule has 0 aliphatic carbocycles. The van der Waals surface area contributed by atoms with E-state index in [1.165, 1.54) is 28.7 Å². The summed E-state index contributed by atoms with van der Waals surface area (Å²) in [4.78, 5) is 28.3. The minimum absolute atomic E-state index is 0.0828. The summed E-state index contributed by atoms with van der Waals surface area (Å²) in [6.07, 6.45) is -0.219. The number of carbonyl (C=O) groups is 2. The van der Waals surface area contributed by atoms with Gasteiger partial charge in [-0.1, -0.05) is 37.7 Å². The number of nitrogens with zero attached hydrogens (tertiary/aromatic N) is 4. The lowest BCUT2D eigenvalue weighted by molar-refractivity contribution is -0.142. The molecule has 0 bridgehead atoms. The van der Waals surface area contributed by atoms with Gasteiger partial charge in [-0.25, -0.2) is 4.98 Å². The summed E-state index contributed by atoms with van der Waals surface area (Å²) >= 11 is 2.57. The van der Waals surface area contributed by atoms with Crippen LogP contribution in [0, 0.1) is 0 Å². The molecule has 1 aromatic carbocycles. The van der Waals surface area contributed by atoms with Crippen molar-refractivity contribution in [2.45, 2.75) is 64.8 Å². The summed E-state index contributed by atoms with van der Waals surface area (Å²) in [7, 11) is 0. The molecule has 0 radical (unpaired) electrons. The first-order valence-electron chi connectivity index (χ1n) is 11.5. The fourth-order valence-corrected chi connectivity index (χ4v) is 4.82. The van der Waals surface area contributed by atoms with Crippen molar-refractivity contribution in [2.24, 2.45) is 0 Å². The van der Waals surface area contributed by atoms with E-state index in [1.54, 1.807) is 12.3 Å². The number of amides is 1. The molecule has 9 nitrogen and oxygen atoms in total. The molecule has 35 heavy (non-hydrogen) atoms. The number of thiazole rings is 1. The summed E-state index contributed by atoms with van der Waals surface area (Å²) < 4.78 is 13.0. The molecule has 1 unspecified atom stereocenters. The third-order valence-corrected chi connectivity index (χ3v) is 6.82. The molecule has 1 atom stereocenters. The molecule has 1 N–H and O–H groups in total. The second-order valence-corrected chi connectivity index (χ2v) is 9.83. The van der Waals surface area contributed by atoms with Crippen LogP contribution in [-0.2, 0) is 27.3 Å². The molecule has 0 aliphatic heterocycles. The van der Waals surface area contributed by atoms with Crippen LogP contribution < -0.4 is 10.1 Å². The van der Waals surface area contributed by atoms with Crippen LogP contribution in [0.3, 0.4) is 0 Å². The van der Waals surface area contributed by atoms with E-state index in [9.17, 15) is 9.59 Å². The number of nitrogens with one attached hydrogen (secondary N) is 1. The number of rotatable bonds is 12. The number of benzene rings is 1. The van der Waals surface area contributed by atoms with Gasteiger partial charge in [-0.05, 0) is 44.4 Å². The summed E-state index contributed by atoms with van der Waals surface area (Å²) in [5.41, 5.74) is 1.83. The van der Waals surface area contributed by atoms with Crippen molar-refractivity contribution in [3.05, 3.63) is 46.7 Å². The van der Waals surface area contributed by atoms with Crippen LogP contribution in [0.5, 0.6) is 5.75 Å². The molecule has 2 aromatic heterocycles. The highest BCUT2D eigenvalue weighted by atomic mass is 32.2. The Morgan fingerprint density at radius 1 is 1.14 bits per heavy atom. The van der Waals surface area contributed by atoms with E-state index in [0.29, 0.717) is 40.9 Å². The number of aromatic nitrogens is 4. The normalized spacial score (nSPS) is 11.9. The van der Waals surface area contributed by atoms with E-state index >= 15 is 0 Å². The van der Waals surface area contributed by atoms with Gasteiger partial charge in [0.25, 0.3) is 0 Å². The molecule has 0 saturated carbocycles. The highest BCUT2D eigenvalue weighted by molar-refractivity contribution is 7.99. The van der Waals surface area contributed by atoms with E-state index < -0.39 is 0 Å². The van der Waals surface area contributed by atoms with Crippen molar-refractivity contribution in [3.8, 4) is 5.75 Å². The number of carbonyl (C=O) groups excluding carboxylic acids is 2. The Balaban J connectivity index is 1.55. The Bertz CT molecular complexity index is 1130. The highest BCUT2D eigenvalue weighted by Gasteiger charge is 2.20. The quantitative estimate of drug-likeness (QED) is 0.268. The summed E-state index contributed by atoms with van der Waals surface area (Å²) in [6, 6.07) is 8.07. The van der Waals surface area contributed by atoms with Crippen LogP contribution in [0.1, 0.15) is 63.7 Å². The number of thioether (sulfide) groups is 1. The Labute approximate surface area is 213 Å². The summed E-state index contributed by atoms with van der Waals surface area (Å²) in [5.74, 6) is 1.53. The first-order valence-corrected chi connectivity index (χ1v) is 13.4. The molecule has 0 spiro atoms. The SMILES string of the molecule is CCOC(=O)Cc1csc(NC(=O)CSc2nnc(C(C)Oc3ccc(C(C)C)cc3)n2CC)n1. The average Bonchev–Trinajstić information content (AvgIpc) is 3.44. The van der Waals surface area contributed by atoms with Gasteiger partial charge in [-0.2, -0.15) is 0 Å². The maximum absolute atomic E-state index is 12.4. The molecule has 188 valence electrons. The van der Waals surface area contributed by atoms with Crippen molar-refractivity contribution >= 4 is 40.1 Å². The Hall–Kier alpha value is -2.92. The van der Waals surface area contributed by atoms with E-state index in [0.717, 1.165) is 5.75 Å². The van der Waals surface area contributed by atoms with E-state index in [1.807, 2.05) is 30.5 Å². The van der Waals surface area contributed by atoms with Crippen molar-refractivity contribution in [1.29, 1.82) is 0 Å². The van der Waals surface area contributed by atoms with Crippen molar-refractivity contribution < 1.29 is 19.1 Å². The second-order valence-electron chi connectivity index (χ2n) is 8.03. The lowest BCUT2D eigenvalue weighted by Crippen LogP contribution is -2.15. The molecule has 3 rings (SSSR count). The molecule has 11 heteroatoms. The van der Waals surface area contributed by atoms with E-state index in [4.69, 9.17) is 9.47 Å². The average molecular weight is 518 g/mol. The zero-order valence-electron chi connectivity index (χ0n) is 20.6. The standard InChI is InChI=1S/C24H31N5O4S2/c1-6-29-22(16(5)33-19-10-8-17(9-11-19)15(3)4)27-28-24(29)35-14-20(30)26-23-25-18(13-34-23)12-21(31)32-7-2/h8-11,13,15-16H,6-7,12,14H2,1-5H3,(H,25,26,30). The van der Waals surface area contributed by atoms with E-state index in [2.05, 4.69) is 46.5 Å². The number of ether oxygens (including phenoxy) is 2. The van der Waals surface area contributed by atoms with Crippen molar-refractivity contribution in [3.63, 3.8) is 0 Å². The Kier molecular flexibility index (Phi) is 9.67. The predicted octanol–water partition coefficient (Wildman–Crippen LogP) is 4.85. The number of esters is 1. The van der Waals surface area contributed by atoms with Gasteiger partial charge in [0.05, 0.1) is 24.5 Å². The van der Waals surface area contributed by atoms with Crippen molar-refractivity contribution in [1.82, 2.24) is 19.7 Å². The fraction of sp³-hybridized carbons (Fsp3) is 0.458. The first kappa shape index (κ1) is 26.7. The molecule has 0 fully saturated rings. The van der Waals surface area contributed by atoms with Gasteiger partial charge >= 0.3 is 5.97 Å². The zero-order chi connectivity index (χ0) is 25.4. The number of anilines is 1. The topological polar surface area (TPSA) is 108 Å². The van der Waals surface area contributed by atoms with Gasteiger partial charge in [0.1, 0.15) is 5.75 Å². The van der Waals surface area contributed by atoms with Crippen molar-refractivity contribution in [2.75, 3.05) is 17.7 Å². The van der Waals surface area contributed by atoms with Crippen LogP contribution >= 0.6 is 23.1 Å². The fourth-order valence-electron chi connectivity index (χ4n) is 3.28. The minimum atomic E-state index is -0.341. The molecule has 0 aliphatic rings. The zero-order valence-corrected chi connectivity index (χ0v) is 22.2. The van der Waals surface area contributed by atoms with Gasteiger partial charge in [0.2, 0.25) is 5.91 Å². The molecular weight excluding hydrogens is 486 g/mol. The molecule has 2 heterocycles. The molecule has 3 aromatic rings. The highest BCUT2D eigenvalue weighted by Crippen LogP contribution is 2.26. The lowest BCUT2D eigenvalue weighted by atomic mass is 10.0. The van der Waals surface area contributed by atoms with Crippen LogP contribution in [0.25, 0.3) is 0 Å². The monoisotopic (exact) mass is 517 g/mol. The van der Waals surface area contributed by atoms with Gasteiger partial charge in [0.15, 0.2) is 22.2 Å². The van der Waals surface area contributed by atoms with Gasteiger partial charge in [0, 0.05) is 11.9 Å². The third-order valence-electron chi connectivity index (χ3n) is 5.05. The molecular formula is C24H31N5O4S2. The number of hydrogen-bond donors (Lipinski definition) is 1. The smallest absolute Gasteiger partial charge is 0.311 e. The minimum Gasteiger partial charge on any atom is -0.483 e. The van der Waals surface area contributed by atoms with Gasteiger partial charge in [-0.15, -0.1) is 21.5 Å². The summed E-state index contributed by atoms with van der Waals surface area (Å²) in [6.45, 7) is 11.0. The second kappa shape index (κ2) is 12.7. The predicted molar refractivity (Wildman–Crippen MR) is 137 cm³/mol.